The monoisotopic (exact) mass is 270 g/mol. The number of rotatable bonds is 4. The standard InChI is InChI=1S/C11H14N2O4S/c14-13(15)10-5-3-9(4-6-10)11(18(16)17)12-7-1-2-8-12/h3-6,11,18H,1-2,7-8H2. The molecule has 0 aromatic heterocycles. The zero-order chi connectivity index (χ0) is 13.1. The summed E-state index contributed by atoms with van der Waals surface area (Å²) in [4.78, 5) is 11.9. The quantitative estimate of drug-likeness (QED) is 0.506. The highest BCUT2D eigenvalue weighted by molar-refractivity contribution is 7.72. The topological polar surface area (TPSA) is 80.5 Å². The van der Waals surface area contributed by atoms with Crippen molar-refractivity contribution in [1.82, 2.24) is 4.90 Å². The fourth-order valence-corrected chi connectivity index (χ4v) is 3.13. The van der Waals surface area contributed by atoms with Crippen LogP contribution in [0.3, 0.4) is 0 Å². The average molecular weight is 270 g/mol. The van der Waals surface area contributed by atoms with Crippen molar-refractivity contribution >= 4 is 16.4 Å². The second-order valence-electron chi connectivity index (χ2n) is 4.25. The van der Waals surface area contributed by atoms with Gasteiger partial charge in [0.15, 0.2) is 10.7 Å². The molecule has 0 saturated carbocycles. The van der Waals surface area contributed by atoms with E-state index in [0.29, 0.717) is 5.56 Å². The van der Waals surface area contributed by atoms with Crippen LogP contribution in [0.2, 0.25) is 0 Å². The highest BCUT2D eigenvalue weighted by atomic mass is 32.2. The summed E-state index contributed by atoms with van der Waals surface area (Å²) in [5, 5.41) is 9.88. The molecule has 1 heterocycles. The molecule has 2 rings (SSSR count). The number of likely N-dealkylation sites (tertiary alicyclic amines) is 1. The van der Waals surface area contributed by atoms with Gasteiger partial charge >= 0.3 is 0 Å². The summed E-state index contributed by atoms with van der Waals surface area (Å²) >= 11 is 0. The van der Waals surface area contributed by atoms with E-state index >= 15 is 0 Å². The first-order valence-corrected chi connectivity index (χ1v) is 6.96. The molecule has 6 nitrogen and oxygen atoms in total. The van der Waals surface area contributed by atoms with E-state index in [1.165, 1.54) is 24.3 Å². The van der Waals surface area contributed by atoms with Gasteiger partial charge in [-0.15, -0.1) is 0 Å². The van der Waals surface area contributed by atoms with Crippen LogP contribution in [0, 0.1) is 10.1 Å². The molecule has 0 spiro atoms. The molecule has 7 heteroatoms. The third kappa shape index (κ3) is 2.68. The van der Waals surface area contributed by atoms with Gasteiger partial charge in [-0.3, -0.25) is 15.0 Å². The molecule has 1 atom stereocenters. The predicted molar refractivity (Wildman–Crippen MR) is 67.0 cm³/mol. The minimum absolute atomic E-state index is 0.0277. The molecule has 1 fully saturated rings. The normalized spacial score (nSPS) is 18.1. The first-order valence-electron chi connectivity index (χ1n) is 5.71. The van der Waals surface area contributed by atoms with E-state index in [1.807, 2.05) is 4.90 Å². The van der Waals surface area contributed by atoms with E-state index in [9.17, 15) is 18.5 Å². The minimum Gasteiger partial charge on any atom is -0.284 e. The Morgan fingerprint density at radius 2 is 1.72 bits per heavy atom. The molecule has 1 aliphatic heterocycles. The zero-order valence-electron chi connectivity index (χ0n) is 9.69. The Hall–Kier alpha value is -1.47. The second-order valence-corrected chi connectivity index (χ2v) is 5.31. The zero-order valence-corrected chi connectivity index (χ0v) is 10.6. The number of nitro benzene ring substituents is 1. The van der Waals surface area contributed by atoms with E-state index in [4.69, 9.17) is 0 Å². The summed E-state index contributed by atoms with van der Waals surface area (Å²) in [6.07, 6.45) is 1.99. The Morgan fingerprint density at radius 1 is 1.17 bits per heavy atom. The van der Waals surface area contributed by atoms with Crippen LogP contribution < -0.4 is 0 Å². The fraction of sp³-hybridized carbons (Fsp3) is 0.455. The van der Waals surface area contributed by atoms with Gasteiger partial charge in [0.05, 0.1) is 4.92 Å². The molecular formula is C11H14N2O4S. The van der Waals surface area contributed by atoms with Gasteiger partial charge in [0, 0.05) is 12.1 Å². The lowest BCUT2D eigenvalue weighted by Gasteiger charge is -2.22. The summed E-state index contributed by atoms with van der Waals surface area (Å²) in [7, 11) is -2.62. The van der Waals surface area contributed by atoms with Crippen LogP contribution in [0.1, 0.15) is 23.8 Å². The molecule has 0 radical (unpaired) electrons. The van der Waals surface area contributed by atoms with E-state index in [2.05, 4.69) is 0 Å². The third-order valence-corrected chi connectivity index (χ3v) is 4.11. The Labute approximate surface area is 106 Å². The number of non-ortho nitro benzene ring substituents is 1. The van der Waals surface area contributed by atoms with Crippen LogP contribution in [0.5, 0.6) is 0 Å². The fourth-order valence-electron chi connectivity index (χ4n) is 2.22. The predicted octanol–water partition coefficient (Wildman–Crippen LogP) is 1.30. The summed E-state index contributed by atoms with van der Waals surface area (Å²) in [5.74, 6) is 0. The maximum absolute atomic E-state index is 11.4. The molecule has 1 aromatic rings. The van der Waals surface area contributed by atoms with E-state index in [0.717, 1.165) is 25.9 Å². The molecule has 0 bridgehead atoms. The van der Waals surface area contributed by atoms with Gasteiger partial charge in [-0.2, -0.15) is 0 Å². The molecule has 0 aliphatic carbocycles. The number of thiol groups is 1. The van der Waals surface area contributed by atoms with Crippen molar-refractivity contribution in [2.75, 3.05) is 13.1 Å². The van der Waals surface area contributed by atoms with Gasteiger partial charge in [-0.05, 0) is 43.6 Å². The van der Waals surface area contributed by atoms with Gasteiger partial charge in [0.2, 0.25) is 0 Å². The summed E-state index contributed by atoms with van der Waals surface area (Å²) in [6.45, 7) is 1.51. The number of benzene rings is 1. The smallest absolute Gasteiger partial charge is 0.269 e. The van der Waals surface area contributed by atoms with E-state index < -0.39 is 21.0 Å². The van der Waals surface area contributed by atoms with Gasteiger partial charge in [-0.1, -0.05) is 0 Å². The van der Waals surface area contributed by atoms with E-state index in [-0.39, 0.29) is 5.69 Å². The van der Waals surface area contributed by atoms with Crippen molar-refractivity contribution < 1.29 is 13.3 Å². The molecule has 98 valence electrons. The Balaban J connectivity index is 2.28. The Kier molecular flexibility index (Phi) is 3.93. The molecule has 1 unspecified atom stereocenters. The van der Waals surface area contributed by atoms with Crippen molar-refractivity contribution in [3.63, 3.8) is 0 Å². The van der Waals surface area contributed by atoms with Crippen molar-refractivity contribution in [1.29, 1.82) is 0 Å². The number of nitro groups is 1. The first kappa shape index (κ1) is 13.0. The molecule has 0 N–H and O–H groups in total. The second kappa shape index (κ2) is 5.45. The third-order valence-electron chi connectivity index (χ3n) is 3.09. The maximum Gasteiger partial charge on any atom is 0.269 e. The first-order chi connectivity index (χ1) is 8.59. The molecular weight excluding hydrogens is 256 g/mol. The van der Waals surface area contributed by atoms with Crippen molar-refractivity contribution in [2.24, 2.45) is 0 Å². The van der Waals surface area contributed by atoms with Gasteiger partial charge < -0.3 is 0 Å². The number of hydrogen-bond donors (Lipinski definition) is 1. The highest BCUT2D eigenvalue weighted by Gasteiger charge is 2.26. The molecule has 1 aliphatic rings. The van der Waals surface area contributed by atoms with Crippen LogP contribution in [0.15, 0.2) is 24.3 Å². The van der Waals surface area contributed by atoms with Crippen LogP contribution in [0.4, 0.5) is 5.69 Å². The largest absolute Gasteiger partial charge is 0.284 e. The lowest BCUT2D eigenvalue weighted by Crippen LogP contribution is -2.26. The number of nitrogens with zero attached hydrogens (tertiary/aromatic N) is 2. The molecule has 1 aromatic carbocycles. The lowest BCUT2D eigenvalue weighted by atomic mass is 10.2. The van der Waals surface area contributed by atoms with Gasteiger partial charge in [0.25, 0.3) is 5.69 Å². The summed E-state index contributed by atoms with van der Waals surface area (Å²) in [5.41, 5.74) is 0.568. The molecule has 0 amide bonds. The van der Waals surface area contributed by atoms with E-state index in [1.54, 1.807) is 0 Å². The molecule has 1 saturated heterocycles. The van der Waals surface area contributed by atoms with Gasteiger partial charge in [0.1, 0.15) is 5.37 Å². The van der Waals surface area contributed by atoms with Crippen molar-refractivity contribution in [3.8, 4) is 0 Å². The molecule has 18 heavy (non-hydrogen) atoms. The highest BCUT2D eigenvalue weighted by Crippen LogP contribution is 2.27. The number of hydrogen-bond acceptors (Lipinski definition) is 5. The van der Waals surface area contributed by atoms with Crippen LogP contribution >= 0.6 is 0 Å². The van der Waals surface area contributed by atoms with Crippen LogP contribution in [-0.2, 0) is 10.7 Å². The average Bonchev–Trinajstić information content (AvgIpc) is 2.83. The maximum atomic E-state index is 11.4. The Bertz CT molecular complexity index is 498. The van der Waals surface area contributed by atoms with Crippen molar-refractivity contribution in [3.05, 3.63) is 39.9 Å². The summed E-state index contributed by atoms with van der Waals surface area (Å²) in [6, 6.07) is 5.73. The Morgan fingerprint density at radius 3 is 2.17 bits per heavy atom. The van der Waals surface area contributed by atoms with Crippen LogP contribution in [0.25, 0.3) is 0 Å². The van der Waals surface area contributed by atoms with Crippen molar-refractivity contribution in [2.45, 2.75) is 18.2 Å². The van der Waals surface area contributed by atoms with Gasteiger partial charge in [-0.25, -0.2) is 8.42 Å². The minimum atomic E-state index is -2.62. The van der Waals surface area contributed by atoms with Crippen LogP contribution in [-0.4, -0.2) is 31.3 Å². The lowest BCUT2D eigenvalue weighted by molar-refractivity contribution is -0.384. The SMILES string of the molecule is O=[N+]([O-])c1ccc(C(N2CCCC2)[SH](=O)=O)cc1. The summed E-state index contributed by atoms with van der Waals surface area (Å²) < 4.78 is 22.7.